The molecule has 2 aliphatic heterocycles. The molecule has 30 heavy (non-hydrogen) atoms. The van der Waals surface area contributed by atoms with Crippen molar-refractivity contribution < 1.29 is 14.1 Å². The van der Waals surface area contributed by atoms with Gasteiger partial charge in [0.05, 0.1) is 5.69 Å². The number of hydrogen-bond acceptors (Lipinski definition) is 8. The molecule has 2 aromatic heterocycles. The van der Waals surface area contributed by atoms with Gasteiger partial charge in [-0.2, -0.15) is 0 Å². The molecule has 0 aromatic carbocycles. The molecule has 0 spiro atoms. The molecule has 2 aliphatic rings. The number of carbonyl (C=O) groups is 2. The predicted molar refractivity (Wildman–Crippen MR) is 114 cm³/mol. The third kappa shape index (κ3) is 4.48. The van der Waals surface area contributed by atoms with Crippen LogP contribution in [0.1, 0.15) is 49.1 Å². The molecule has 0 aliphatic carbocycles. The Morgan fingerprint density at radius 3 is 2.63 bits per heavy atom. The van der Waals surface area contributed by atoms with Crippen molar-refractivity contribution in [2.45, 2.75) is 52.4 Å². The molecule has 4 rings (SSSR count). The van der Waals surface area contributed by atoms with Gasteiger partial charge in [-0.3, -0.25) is 14.5 Å². The SMILES string of the molecule is Cc1noc(C)c1CCNC(=O)C1CCN(c2nnc(N3CCCCC3=O)s2)CC1. The first-order valence-corrected chi connectivity index (χ1v) is 11.4. The lowest BCUT2D eigenvalue weighted by Crippen LogP contribution is -2.41. The number of piperidine rings is 2. The first-order valence-electron chi connectivity index (χ1n) is 10.6. The Morgan fingerprint density at radius 2 is 1.93 bits per heavy atom. The van der Waals surface area contributed by atoms with Gasteiger partial charge in [0.25, 0.3) is 0 Å². The maximum absolute atomic E-state index is 12.5. The Morgan fingerprint density at radius 1 is 1.17 bits per heavy atom. The van der Waals surface area contributed by atoms with Crippen molar-refractivity contribution in [2.24, 2.45) is 5.92 Å². The lowest BCUT2D eigenvalue weighted by Gasteiger charge is -2.30. The van der Waals surface area contributed by atoms with Gasteiger partial charge in [0.1, 0.15) is 5.76 Å². The topological polar surface area (TPSA) is 104 Å². The summed E-state index contributed by atoms with van der Waals surface area (Å²) >= 11 is 1.47. The maximum Gasteiger partial charge on any atom is 0.228 e. The van der Waals surface area contributed by atoms with E-state index in [1.54, 1.807) is 4.90 Å². The van der Waals surface area contributed by atoms with Crippen LogP contribution in [0.25, 0.3) is 0 Å². The van der Waals surface area contributed by atoms with Gasteiger partial charge in [0, 0.05) is 44.1 Å². The molecule has 2 amide bonds. The minimum atomic E-state index is 0.0157. The van der Waals surface area contributed by atoms with Crippen molar-refractivity contribution in [3.05, 3.63) is 17.0 Å². The second-order valence-electron chi connectivity index (χ2n) is 7.97. The number of nitrogens with zero attached hydrogens (tertiary/aromatic N) is 5. The second-order valence-corrected chi connectivity index (χ2v) is 8.91. The number of rotatable bonds is 6. The molecule has 0 unspecified atom stereocenters. The summed E-state index contributed by atoms with van der Waals surface area (Å²) in [7, 11) is 0. The fourth-order valence-electron chi connectivity index (χ4n) is 4.10. The van der Waals surface area contributed by atoms with Crippen LogP contribution in [0.3, 0.4) is 0 Å². The zero-order chi connectivity index (χ0) is 21.1. The van der Waals surface area contributed by atoms with Gasteiger partial charge in [-0.1, -0.05) is 16.5 Å². The number of amides is 2. The Balaban J connectivity index is 1.25. The van der Waals surface area contributed by atoms with E-state index in [9.17, 15) is 9.59 Å². The summed E-state index contributed by atoms with van der Waals surface area (Å²) in [5, 5.41) is 17.1. The molecule has 2 aromatic rings. The monoisotopic (exact) mass is 432 g/mol. The standard InChI is InChI=1S/C20H28N6O3S/c1-13-16(14(2)29-24-13)6-9-21-18(28)15-7-11-25(12-8-15)19-22-23-20(30-19)26-10-4-3-5-17(26)27/h15H,3-12H2,1-2H3,(H,21,28). The fourth-order valence-corrected chi connectivity index (χ4v) is 5.04. The largest absolute Gasteiger partial charge is 0.361 e. The van der Waals surface area contributed by atoms with Gasteiger partial charge in [-0.15, -0.1) is 10.2 Å². The molecular formula is C20H28N6O3S. The molecule has 0 saturated carbocycles. The van der Waals surface area contributed by atoms with Crippen molar-refractivity contribution in [3.63, 3.8) is 0 Å². The van der Waals surface area contributed by atoms with E-state index < -0.39 is 0 Å². The highest BCUT2D eigenvalue weighted by Gasteiger charge is 2.28. The smallest absolute Gasteiger partial charge is 0.228 e. The van der Waals surface area contributed by atoms with E-state index in [2.05, 4.69) is 25.6 Å². The Hall–Kier alpha value is -2.49. The highest BCUT2D eigenvalue weighted by molar-refractivity contribution is 7.19. The quantitative estimate of drug-likeness (QED) is 0.746. The van der Waals surface area contributed by atoms with Gasteiger partial charge >= 0.3 is 0 Å². The van der Waals surface area contributed by atoms with Crippen LogP contribution in [0.5, 0.6) is 0 Å². The lowest BCUT2D eigenvalue weighted by molar-refractivity contribution is -0.125. The van der Waals surface area contributed by atoms with Gasteiger partial charge in [-0.25, -0.2) is 0 Å². The summed E-state index contributed by atoms with van der Waals surface area (Å²) < 4.78 is 5.17. The number of anilines is 2. The minimum absolute atomic E-state index is 0.0157. The van der Waals surface area contributed by atoms with E-state index >= 15 is 0 Å². The van der Waals surface area contributed by atoms with Crippen LogP contribution >= 0.6 is 11.3 Å². The zero-order valence-electron chi connectivity index (χ0n) is 17.5. The van der Waals surface area contributed by atoms with E-state index in [-0.39, 0.29) is 17.7 Å². The molecule has 0 radical (unpaired) electrons. The summed E-state index contributed by atoms with van der Waals surface area (Å²) in [6.07, 6.45) is 4.86. The molecule has 2 fully saturated rings. The third-order valence-corrected chi connectivity index (χ3v) is 6.96. The van der Waals surface area contributed by atoms with Crippen LogP contribution in [0.15, 0.2) is 4.52 Å². The number of carbonyl (C=O) groups excluding carboxylic acids is 2. The Labute approximate surface area is 179 Å². The van der Waals surface area contributed by atoms with E-state index in [0.717, 1.165) is 73.9 Å². The minimum Gasteiger partial charge on any atom is -0.361 e. The number of aromatic nitrogens is 3. The summed E-state index contributed by atoms with van der Waals surface area (Å²) in [5.41, 5.74) is 1.96. The van der Waals surface area contributed by atoms with Crippen LogP contribution < -0.4 is 15.1 Å². The van der Waals surface area contributed by atoms with Crippen LogP contribution in [-0.2, 0) is 16.0 Å². The molecule has 0 atom stereocenters. The predicted octanol–water partition coefficient (Wildman–Crippen LogP) is 2.24. The first-order chi connectivity index (χ1) is 14.5. The summed E-state index contributed by atoms with van der Waals surface area (Å²) in [6, 6.07) is 0. The van der Waals surface area contributed by atoms with Crippen LogP contribution in [-0.4, -0.2) is 53.3 Å². The van der Waals surface area contributed by atoms with Crippen LogP contribution in [0.4, 0.5) is 10.3 Å². The van der Waals surface area contributed by atoms with E-state index in [1.165, 1.54) is 11.3 Å². The average Bonchev–Trinajstić information content (AvgIpc) is 3.36. The Kier molecular flexibility index (Phi) is 6.31. The highest BCUT2D eigenvalue weighted by atomic mass is 32.1. The van der Waals surface area contributed by atoms with E-state index in [4.69, 9.17) is 4.52 Å². The number of hydrogen-bond donors (Lipinski definition) is 1. The van der Waals surface area contributed by atoms with Crippen LogP contribution in [0, 0.1) is 19.8 Å². The van der Waals surface area contributed by atoms with Crippen molar-refractivity contribution in [1.29, 1.82) is 0 Å². The van der Waals surface area contributed by atoms with E-state index in [0.29, 0.717) is 18.1 Å². The van der Waals surface area contributed by atoms with Gasteiger partial charge in [0.2, 0.25) is 22.1 Å². The van der Waals surface area contributed by atoms with Gasteiger partial charge in [0.15, 0.2) is 0 Å². The van der Waals surface area contributed by atoms with Crippen molar-refractivity contribution in [3.8, 4) is 0 Å². The summed E-state index contributed by atoms with van der Waals surface area (Å²) in [5.74, 6) is 1.08. The van der Waals surface area contributed by atoms with Gasteiger partial charge < -0.3 is 14.7 Å². The number of aryl methyl sites for hydroxylation is 2. The summed E-state index contributed by atoms with van der Waals surface area (Å²) in [6.45, 7) is 6.67. The lowest BCUT2D eigenvalue weighted by atomic mass is 9.96. The Bertz CT molecular complexity index is 883. The highest BCUT2D eigenvalue weighted by Crippen LogP contribution is 2.31. The summed E-state index contributed by atoms with van der Waals surface area (Å²) in [4.78, 5) is 28.6. The first kappa shape index (κ1) is 20.8. The van der Waals surface area contributed by atoms with E-state index in [1.807, 2.05) is 13.8 Å². The van der Waals surface area contributed by atoms with Crippen molar-refractivity contribution in [1.82, 2.24) is 20.7 Å². The molecule has 2 saturated heterocycles. The third-order valence-electron chi connectivity index (χ3n) is 5.95. The fraction of sp³-hybridized carbons (Fsp3) is 0.650. The average molecular weight is 433 g/mol. The molecule has 4 heterocycles. The molecule has 9 nitrogen and oxygen atoms in total. The molecular weight excluding hydrogens is 404 g/mol. The van der Waals surface area contributed by atoms with Crippen molar-refractivity contribution >= 4 is 33.4 Å². The molecule has 10 heteroatoms. The normalized spacial score (nSPS) is 18.1. The second kappa shape index (κ2) is 9.11. The number of nitrogens with one attached hydrogen (secondary N) is 1. The maximum atomic E-state index is 12.5. The van der Waals surface area contributed by atoms with Crippen molar-refractivity contribution in [2.75, 3.05) is 36.0 Å². The molecule has 1 N–H and O–H groups in total. The molecule has 162 valence electrons. The van der Waals surface area contributed by atoms with Gasteiger partial charge in [-0.05, 0) is 46.0 Å². The molecule has 0 bridgehead atoms. The zero-order valence-corrected chi connectivity index (χ0v) is 18.3. The van der Waals surface area contributed by atoms with Crippen LogP contribution in [0.2, 0.25) is 0 Å².